The van der Waals surface area contributed by atoms with E-state index >= 15 is 0 Å². The fourth-order valence-corrected chi connectivity index (χ4v) is 3.21. The number of nitrogens with one attached hydrogen (secondary N) is 1. The van der Waals surface area contributed by atoms with Crippen molar-refractivity contribution in [2.24, 2.45) is 0 Å². The van der Waals surface area contributed by atoms with Crippen molar-refractivity contribution in [3.8, 4) is 5.75 Å². The van der Waals surface area contributed by atoms with Crippen molar-refractivity contribution in [2.45, 2.75) is 10.0 Å². The number of aliphatic carboxylic acids is 1. The molecule has 1 aromatic carbocycles. The van der Waals surface area contributed by atoms with Crippen LogP contribution in [0, 0.1) is 0 Å². The van der Waals surface area contributed by atoms with E-state index in [1.807, 2.05) is 0 Å². The number of carbonyl (C=O) groups is 2. The summed E-state index contributed by atoms with van der Waals surface area (Å²) < 4.78 is 16.6. The van der Waals surface area contributed by atoms with Gasteiger partial charge in [0.25, 0.3) is 0 Å². The van der Waals surface area contributed by atoms with Gasteiger partial charge in [0, 0.05) is 0 Å². The second kappa shape index (κ2) is 11.4. The van der Waals surface area contributed by atoms with Crippen LogP contribution in [0.1, 0.15) is 10.4 Å². The van der Waals surface area contributed by atoms with Gasteiger partial charge in [-0.05, 0) is 0 Å². The van der Waals surface area contributed by atoms with Crippen LogP contribution in [0.2, 0.25) is 3.93 Å². The summed E-state index contributed by atoms with van der Waals surface area (Å²) >= 11 is 0.559. The van der Waals surface area contributed by atoms with Crippen LogP contribution in [0.25, 0.3) is 0 Å². The normalized spacial score (nSPS) is 11.8. The predicted octanol–water partition coefficient (Wildman–Crippen LogP) is 0.876. The van der Waals surface area contributed by atoms with Crippen LogP contribution in [0.4, 0.5) is 0 Å². The first kappa shape index (κ1) is 19.9. The molecule has 0 fully saturated rings. The number of hydrogen-bond donors (Lipinski definition) is 2. The molecule has 0 aromatic heterocycles. The van der Waals surface area contributed by atoms with Crippen molar-refractivity contribution >= 4 is 11.9 Å². The van der Waals surface area contributed by atoms with Crippen molar-refractivity contribution in [3.63, 3.8) is 0 Å². The third-order valence-corrected chi connectivity index (χ3v) is 5.44. The fraction of sp³-hybridized carbons (Fsp3) is 0.467. The molecule has 7 nitrogen and oxygen atoms in total. The zero-order valence-electron chi connectivity index (χ0n) is 13.1. The molecule has 1 atom stereocenters. The molecule has 2 N–H and O–H groups in total. The van der Waals surface area contributed by atoms with Crippen LogP contribution >= 0.6 is 0 Å². The Labute approximate surface area is 151 Å². The molecule has 0 aliphatic rings. The fourth-order valence-electron chi connectivity index (χ4n) is 1.76. The number of amides is 1. The SMILES string of the molecule is COCCOC([CH2][Hg+])CNC(=O)c1ccccc1OCC(=O)O. The molecular formula is C15H20HgNO6+. The minimum atomic E-state index is -1.09. The van der Waals surface area contributed by atoms with E-state index in [1.165, 1.54) is 0 Å². The molecule has 1 rings (SSSR count). The molecule has 122 valence electrons. The van der Waals surface area contributed by atoms with Crippen LogP contribution in [0.5, 0.6) is 5.75 Å². The molecule has 0 saturated carbocycles. The van der Waals surface area contributed by atoms with Gasteiger partial charge in [-0.2, -0.15) is 0 Å². The van der Waals surface area contributed by atoms with Crippen molar-refractivity contribution in [1.82, 2.24) is 5.32 Å². The molecule has 0 saturated heterocycles. The number of carboxylic acids is 1. The maximum absolute atomic E-state index is 12.3. The van der Waals surface area contributed by atoms with Gasteiger partial charge in [-0.3, -0.25) is 0 Å². The van der Waals surface area contributed by atoms with Crippen LogP contribution in [-0.2, 0) is 40.4 Å². The van der Waals surface area contributed by atoms with Crippen molar-refractivity contribution in [1.29, 1.82) is 0 Å². The topological polar surface area (TPSA) is 94.1 Å². The number of rotatable bonds is 11. The van der Waals surface area contributed by atoms with Crippen LogP contribution in [-0.4, -0.2) is 56.6 Å². The summed E-state index contributed by atoms with van der Waals surface area (Å²) in [4.78, 5) is 22.8. The molecule has 1 unspecified atom stereocenters. The van der Waals surface area contributed by atoms with Crippen LogP contribution in [0.15, 0.2) is 24.3 Å². The molecule has 0 spiro atoms. The van der Waals surface area contributed by atoms with Gasteiger partial charge < -0.3 is 0 Å². The van der Waals surface area contributed by atoms with Gasteiger partial charge >= 0.3 is 151 Å². The molecular weight excluding hydrogens is 491 g/mol. The molecule has 0 aliphatic heterocycles. The second-order valence-electron chi connectivity index (χ2n) is 4.66. The Bertz CT molecular complexity index is 510. The number of carbonyl (C=O) groups excluding carboxylic acids is 1. The average Bonchev–Trinajstić information content (AvgIpc) is 2.56. The van der Waals surface area contributed by atoms with Gasteiger partial charge in [0.2, 0.25) is 0 Å². The zero-order chi connectivity index (χ0) is 17.1. The Morgan fingerprint density at radius 2 is 2.04 bits per heavy atom. The Morgan fingerprint density at radius 1 is 1.30 bits per heavy atom. The third-order valence-electron chi connectivity index (χ3n) is 2.94. The Balaban J connectivity index is 2.58. The molecule has 23 heavy (non-hydrogen) atoms. The van der Waals surface area contributed by atoms with E-state index in [2.05, 4.69) is 5.32 Å². The summed E-state index contributed by atoms with van der Waals surface area (Å²) in [6.07, 6.45) is -0.0236. The van der Waals surface area contributed by atoms with Crippen molar-refractivity contribution in [2.75, 3.05) is 33.5 Å². The van der Waals surface area contributed by atoms with Gasteiger partial charge in [-0.15, -0.1) is 0 Å². The standard InChI is InChI=1S/C15H20NO6.Hg/c1-11(21-8-7-20-2)9-16-15(19)12-5-3-4-6-13(12)22-10-14(17)18;/h3-6,11H,1,7-10H2,2H3,(H,16,19)(H,17,18);/q;+1. The van der Waals surface area contributed by atoms with Crippen LogP contribution < -0.4 is 10.1 Å². The van der Waals surface area contributed by atoms with Crippen molar-refractivity contribution < 1.29 is 55.0 Å². The van der Waals surface area contributed by atoms with Gasteiger partial charge in [0.1, 0.15) is 0 Å². The summed E-state index contributed by atoms with van der Waals surface area (Å²) in [5.41, 5.74) is 0.308. The van der Waals surface area contributed by atoms with Gasteiger partial charge in [-0.25, -0.2) is 0 Å². The van der Waals surface area contributed by atoms with E-state index in [0.29, 0.717) is 51.4 Å². The number of hydrogen-bond acceptors (Lipinski definition) is 5. The van der Waals surface area contributed by atoms with E-state index in [-0.39, 0.29) is 17.8 Å². The molecule has 1 amide bonds. The van der Waals surface area contributed by atoms with Crippen molar-refractivity contribution in [3.05, 3.63) is 29.8 Å². The second-order valence-corrected chi connectivity index (χ2v) is 6.91. The summed E-state index contributed by atoms with van der Waals surface area (Å²) in [5.74, 6) is -1.16. The number of carboxylic acid groups (broad SMARTS) is 1. The third kappa shape index (κ3) is 7.76. The Kier molecular flexibility index (Phi) is 9.81. The molecule has 0 bridgehead atoms. The van der Waals surface area contributed by atoms with Gasteiger partial charge in [0.05, 0.1) is 0 Å². The molecule has 1 aromatic rings. The first-order valence-electron chi connectivity index (χ1n) is 7.20. The molecule has 0 aliphatic carbocycles. The average molecular weight is 511 g/mol. The number of ether oxygens (including phenoxy) is 3. The van der Waals surface area contributed by atoms with E-state index < -0.39 is 12.6 Å². The minimum absolute atomic E-state index is 0.0236. The molecule has 0 radical (unpaired) electrons. The summed E-state index contributed by atoms with van der Waals surface area (Å²) in [6.45, 7) is 0.922. The molecule has 8 heteroatoms. The van der Waals surface area contributed by atoms with Gasteiger partial charge in [0.15, 0.2) is 0 Å². The predicted molar refractivity (Wildman–Crippen MR) is 78.3 cm³/mol. The number of methoxy groups -OCH3 is 1. The van der Waals surface area contributed by atoms with E-state index in [0.717, 1.165) is 3.93 Å². The summed E-state index contributed by atoms with van der Waals surface area (Å²) in [6, 6.07) is 6.55. The van der Waals surface area contributed by atoms with E-state index in [9.17, 15) is 9.59 Å². The number of benzene rings is 1. The van der Waals surface area contributed by atoms with Gasteiger partial charge in [-0.1, -0.05) is 0 Å². The first-order valence-corrected chi connectivity index (χ1v) is 11.1. The first-order chi connectivity index (χ1) is 11.1. The quantitative estimate of drug-likeness (QED) is 0.339. The monoisotopic (exact) mass is 512 g/mol. The Hall–Kier alpha value is -1.18. The number of para-hydroxylation sites is 1. The van der Waals surface area contributed by atoms with Crippen LogP contribution in [0.3, 0.4) is 0 Å². The molecule has 0 heterocycles. The zero-order valence-corrected chi connectivity index (χ0v) is 18.6. The van der Waals surface area contributed by atoms with E-state index in [1.54, 1.807) is 31.4 Å². The van der Waals surface area contributed by atoms with E-state index in [4.69, 9.17) is 19.3 Å². The maximum atomic E-state index is 12.3. The summed E-state index contributed by atoms with van der Waals surface area (Å²) in [7, 11) is 1.61. The summed E-state index contributed by atoms with van der Waals surface area (Å²) in [5, 5.41) is 11.5. The Morgan fingerprint density at radius 3 is 2.70 bits per heavy atom.